The van der Waals surface area contributed by atoms with E-state index in [-0.39, 0.29) is 0 Å². The molecule has 4 heteroatoms. The Morgan fingerprint density at radius 3 is 0.922 bits per heavy atom. The van der Waals surface area contributed by atoms with Gasteiger partial charge in [0.1, 0.15) is 22.3 Å². The van der Waals surface area contributed by atoms with Gasteiger partial charge in [-0.2, -0.15) is 0 Å². The van der Waals surface area contributed by atoms with Crippen LogP contribution in [0.25, 0.3) is 76.9 Å². The lowest BCUT2D eigenvalue weighted by Gasteiger charge is -2.35. The van der Waals surface area contributed by atoms with Crippen LogP contribution in [0.2, 0.25) is 0 Å². The molecule has 14 aromatic carbocycles. The van der Waals surface area contributed by atoms with Crippen LogP contribution in [-0.2, 0) is 10.8 Å². The predicted octanol–water partition coefficient (Wildman–Crippen LogP) is 22.9. The average molecular weight is 1150 g/mol. The Morgan fingerprint density at radius 1 is 0.233 bits per heavy atom. The fourth-order valence-electron chi connectivity index (χ4n) is 15.7. The second kappa shape index (κ2) is 20.0. The summed E-state index contributed by atoms with van der Waals surface area (Å²) < 4.78 is 13.9. The molecule has 0 aliphatic heterocycles. The number of rotatable bonds is 10. The van der Waals surface area contributed by atoms with Crippen LogP contribution in [0.15, 0.2) is 324 Å². The van der Waals surface area contributed by atoms with Crippen LogP contribution < -0.4 is 9.80 Å². The molecule has 2 aromatic heterocycles. The van der Waals surface area contributed by atoms with Gasteiger partial charge in [-0.1, -0.05) is 206 Å². The van der Waals surface area contributed by atoms with Gasteiger partial charge in [0, 0.05) is 67.8 Å². The Morgan fingerprint density at radius 2 is 0.544 bits per heavy atom. The lowest BCUT2D eigenvalue weighted by Crippen LogP contribution is -2.28. The van der Waals surface area contributed by atoms with Gasteiger partial charge < -0.3 is 18.6 Å². The van der Waals surface area contributed by atoms with Crippen molar-refractivity contribution in [3.63, 3.8) is 0 Å². The van der Waals surface area contributed by atoms with Crippen LogP contribution in [0.5, 0.6) is 0 Å². The van der Waals surface area contributed by atoms with E-state index in [2.05, 4.69) is 339 Å². The molecule has 16 aromatic rings. The van der Waals surface area contributed by atoms with E-state index in [1.54, 1.807) is 0 Å². The maximum absolute atomic E-state index is 6.97. The summed E-state index contributed by atoms with van der Waals surface area (Å²) in [6.07, 6.45) is 0. The van der Waals surface area contributed by atoms with Crippen LogP contribution in [0.1, 0.15) is 55.6 Å². The summed E-state index contributed by atoms with van der Waals surface area (Å²) in [6, 6.07) is 116. The fraction of sp³-hybridized carbons (Fsp3) is 0.0465. The minimum atomic E-state index is -0.536. The molecule has 90 heavy (non-hydrogen) atoms. The summed E-state index contributed by atoms with van der Waals surface area (Å²) in [5.41, 5.74) is 26.0. The molecule has 0 amide bonds. The van der Waals surface area contributed by atoms with Gasteiger partial charge in [0.25, 0.3) is 0 Å². The summed E-state index contributed by atoms with van der Waals surface area (Å²) >= 11 is 0. The van der Waals surface area contributed by atoms with Gasteiger partial charge in [-0.05, 0) is 200 Å². The zero-order chi connectivity index (χ0) is 59.7. The lowest BCUT2D eigenvalue weighted by molar-refractivity contribution is 0.668. The molecular weight excluding hydrogens is 1090 g/mol. The van der Waals surface area contributed by atoms with E-state index in [4.69, 9.17) is 8.83 Å². The first-order chi connectivity index (χ1) is 44.4. The van der Waals surface area contributed by atoms with E-state index in [9.17, 15) is 0 Å². The van der Waals surface area contributed by atoms with Crippen molar-refractivity contribution in [2.24, 2.45) is 0 Å². The molecule has 2 aliphatic rings. The Bertz CT molecular complexity index is 5120. The summed E-state index contributed by atoms with van der Waals surface area (Å²) in [5, 5.41) is 6.40. The van der Waals surface area contributed by atoms with Crippen molar-refractivity contribution in [2.45, 2.75) is 24.7 Å². The first kappa shape index (κ1) is 51.7. The third kappa shape index (κ3) is 7.68. The second-order valence-corrected chi connectivity index (χ2v) is 24.5. The number of anilines is 6. The molecule has 0 saturated carbocycles. The highest BCUT2D eigenvalue weighted by Crippen LogP contribution is 2.59. The van der Waals surface area contributed by atoms with Crippen molar-refractivity contribution in [2.75, 3.05) is 9.80 Å². The second-order valence-electron chi connectivity index (χ2n) is 24.5. The highest BCUT2D eigenvalue weighted by molar-refractivity contribution is 6.16. The van der Waals surface area contributed by atoms with Gasteiger partial charge in [0.05, 0.1) is 10.8 Å². The number of furan rings is 2. The normalized spacial score (nSPS) is 13.4. The van der Waals surface area contributed by atoms with Crippen molar-refractivity contribution in [1.29, 1.82) is 0 Å². The SMILES string of the molecule is Cc1cccc(N(c2cccc(C3(c4ccccc4)c4ccccc4-c4ccccc43)c2)c2ccc3c(c2)oc2cc4cc5c(cc4cc23)oc2cc(N(c3cccc(C)c3)c3cccc(C4(c6ccccc6)c6ccccc6-c6ccccc64)c3)ccc25)c1. The van der Waals surface area contributed by atoms with Gasteiger partial charge in [0.15, 0.2) is 0 Å². The summed E-state index contributed by atoms with van der Waals surface area (Å²) in [6.45, 7) is 4.33. The van der Waals surface area contributed by atoms with Gasteiger partial charge in [-0.3, -0.25) is 0 Å². The first-order valence-electron chi connectivity index (χ1n) is 31.1. The van der Waals surface area contributed by atoms with E-state index in [0.29, 0.717) is 0 Å². The van der Waals surface area contributed by atoms with Crippen molar-refractivity contribution < 1.29 is 8.83 Å². The maximum atomic E-state index is 6.97. The topological polar surface area (TPSA) is 32.8 Å². The molecule has 2 aliphatic carbocycles. The third-order valence-electron chi connectivity index (χ3n) is 19.4. The molecule has 4 nitrogen and oxygen atoms in total. The largest absolute Gasteiger partial charge is 0.456 e. The van der Waals surface area contributed by atoms with E-state index < -0.39 is 10.8 Å². The van der Waals surface area contributed by atoms with E-state index in [1.807, 2.05) is 0 Å². The lowest BCUT2D eigenvalue weighted by atomic mass is 9.67. The Balaban J connectivity index is 0.736. The van der Waals surface area contributed by atoms with Crippen LogP contribution >= 0.6 is 0 Å². The summed E-state index contributed by atoms with van der Waals surface area (Å²) in [4.78, 5) is 4.76. The summed E-state index contributed by atoms with van der Waals surface area (Å²) in [5.74, 6) is 0. The average Bonchev–Trinajstić information content (AvgIpc) is 2.15. The van der Waals surface area contributed by atoms with Gasteiger partial charge in [-0.25, -0.2) is 0 Å². The van der Waals surface area contributed by atoms with E-state index in [0.717, 1.165) is 88.8 Å². The maximum Gasteiger partial charge on any atom is 0.137 e. The Labute approximate surface area is 522 Å². The van der Waals surface area contributed by atoms with Crippen molar-refractivity contribution >= 4 is 88.8 Å². The molecule has 424 valence electrons. The van der Waals surface area contributed by atoms with Gasteiger partial charge in [-0.15, -0.1) is 0 Å². The molecular formula is C86H58N2O2. The predicted molar refractivity (Wildman–Crippen MR) is 372 cm³/mol. The standard InChI is InChI=1S/C86H58N2O2/c1-55-21-17-29-63(45-55)87(65-31-19-27-61(51-65)85(59-23-5-3-6-24-59)77-37-13-9-33-69(77)70-34-10-14-38-78(70)85)67-41-43-73-75-47-57-50-82-76(48-58(57)49-81(75)89-83(73)53-67)74-44-42-68(54-84(74)90-82)88(64-30-18-22-56(2)46-64)66-32-20-28-62(52-66)86(60-25-7-4-8-26-60)79-39-15-11-35-71(79)72-36-12-16-40-80(72)86/h3-54H,1-2H3. The number of aryl methyl sites for hydroxylation is 2. The minimum absolute atomic E-state index is 0.536. The fourth-order valence-corrected chi connectivity index (χ4v) is 15.7. The molecule has 0 N–H and O–H groups in total. The molecule has 0 bridgehead atoms. The Hall–Kier alpha value is -11.5. The molecule has 0 unspecified atom stereocenters. The molecule has 18 rings (SSSR count). The number of hydrogen-bond acceptors (Lipinski definition) is 4. The molecule has 0 radical (unpaired) electrons. The molecule has 0 saturated heterocycles. The molecule has 0 atom stereocenters. The van der Waals surface area contributed by atoms with Crippen LogP contribution in [0.4, 0.5) is 34.1 Å². The van der Waals surface area contributed by atoms with E-state index in [1.165, 1.54) is 77.9 Å². The molecule has 0 fully saturated rings. The van der Waals surface area contributed by atoms with Gasteiger partial charge >= 0.3 is 0 Å². The minimum Gasteiger partial charge on any atom is -0.456 e. The van der Waals surface area contributed by atoms with Crippen molar-refractivity contribution in [3.8, 4) is 22.3 Å². The Kier molecular flexibility index (Phi) is 11.5. The van der Waals surface area contributed by atoms with Crippen LogP contribution in [-0.4, -0.2) is 0 Å². The summed E-state index contributed by atoms with van der Waals surface area (Å²) in [7, 11) is 0. The molecule has 2 heterocycles. The highest BCUT2D eigenvalue weighted by atomic mass is 16.3. The quantitative estimate of drug-likeness (QED) is 0.137. The van der Waals surface area contributed by atoms with E-state index >= 15 is 0 Å². The van der Waals surface area contributed by atoms with Crippen molar-refractivity contribution in [3.05, 3.63) is 371 Å². The first-order valence-corrected chi connectivity index (χ1v) is 31.1. The number of benzene rings is 14. The van der Waals surface area contributed by atoms with Crippen LogP contribution in [0.3, 0.4) is 0 Å². The number of nitrogens with zero attached hydrogens (tertiary/aromatic N) is 2. The third-order valence-corrected chi connectivity index (χ3v) is 19.4. The number of fused-ring (bicyclic) bond motifs is 13. The van der Waals surface area contributed by atoms with Gasteiger partial charge in [0.2, 0.25) is 0 Å². The monoisotopic (exact) mass is 1150 g/mol. The highest BCUT2D eigenvalue weighted by Gasteiger charge is 2.47. The zero-order valence-electron chi connectivity index (χ0n) is 49.7. The van der Waals surface area contributed by atoms with Crippen molar-refractivity contribution in [1.82, 2.24) is 0 Å². The van der Waals surface area contributed by atoms with Crippen LogP contribution in [0, 0.1) is 13.8 Å². The smallest absolute Gasteiger partial charge is 0.137 e. The number of hydrogen-bond donors (Lipinski definition) is 0. The molecule has 0 spiro atoms. The zero-order valence-corrected chi connectivity index (χ0v) is 49.7.